The molecule has 2 atom stereocenters. The van der Waals surface area contributed by atoms with E-state index in [1.807, 2.05) is 29.7 Å². The Morgan fingerprint density at radius 2 is 1.91 bits per heavy atom. The minimum absolute atomic E-state index is 0.102. The highest BCUT2D eigenvalue weighted by Gasteiger charge is 2.29. The number of carbonyl (C=O) groups excluding carboxylic acids is 1. The van der Waals surface area contributed by atoms with Gasteiger partial charge in [0, 0.05) is 63.9 Å². The van der Waals surface area contributed by atoms with Crippen molar-refractivity contribution < 1.29 is 4.79 Å². The predicted molar refractivity (Wildman–Crippen MR) is 128 cm³/mol. The van der Waals surface area contributed by atoms with E-state index in [2.05, 4.69) is 62.8 Å². The highest BCUT2D eigenvalue weighted by molar-refractivity contribution is 5.85. The molecule has 1 amide bonds. The minimum Gasteiger partial charge on any atom is -0.368 e. The van der Waals surface area contributed by atoms with Crippen molar-refractivity contribution in [3.8, 4) is 0 Å². The zero-order valence-corrected chi connectivity index (χ0v) is 19.2. The van der Waals surface area contributed by atoms with Gasteiger partial charge in [-0.3, -0.25) is 4.79 Å². The summed E-state index contributed by atoms with van der Waals surface area (Å²) in [7, 11) is 0. The number of piperazine rings is 1. The summed E-state index contributed by atoms with van der Waals surface area (Å²) in [5, 5.41) is 3.39. The first-order chi connectivity index (χ1) is 15.7. The number of amides is 1. The summed E-state index contributed by atoms with van der Waals surface area (Å²) in [5.41, 5.74) is 1.22. The van der Waals surface area contributed by atoms with Gasteiger partial charge < -0.3 is 24.6 Å². The summed E-state index contributed by atoms with van der Waals surface area (Å²) in [6, 6.07) is 10.8. The number of anilines is 1. The molecule has 0 bridgehead atoms. The molecule has 0 saturated carbocycles. The second kappa shape index (κ2) is 10.5. The molecule has 2 saturated heterocycles. The summed E-state index contributed by atoms with van der Waals surface area (Å²) in [4.78, 5) is 28.4. The molecule has 172 valence electrons. The number of benzene rings is 1. The third kappa shape index (κ3) is 5.23. The molecule has 8 heteroatoms. The van der Waals surface area contributed by atoms with E-state index < -0.39 is 0 Å². The van der Waals surface area contributed by atoms with Crippen LogP contribution in [0.3, 0.4) is 0 Å². The average molecular weight is 438 g/mol. The molecule has 8 nitrogen and oxygen atoms in total. The SMILES string of the molecule is CCNC(=NCC(=O)N1CCN(c2ccccc2)CC1)N1CCC(C)C(n2ccnc2)C1. The van der Waals surface area contributed by atoms with Gasteiger partial charge in [0.2, 0.25) is 5.91 Å². The highest BCUT2D eigenvalue weighted by Crippen LogP contribution is 2.27. The molecule has 1 N–H and O–H groups in total. The van der Waals surface area contributed by atoms with E-state index in [1.54, 1.807) is 0 Å². The predicted octanol–water partition coefficient (Wildman–Crippen LogP) is 2.08. The van der Waals surface area contributed by atoms with Crippen molar-refractivity contribution in [2.24, 2.45) is 10.9 Å². The Labute approximate surface area is 190 Å². The molecule has 32 heavy (non-hydrogen) atoms. The van der Waals surface area contributed by atoms with Gasteiger partial charge in [-0.1, -0.05) is 25.1 Å². The zero-order chi connectivity index (χ0) is 22.3. The van der Waals surface area contributed by atoms with Gasteiger partial charge >= 0.3 is 0 Å². The molecular formula is C24H35N7O. The van der Waals surface area contributed by atoms with Crippen LogP contribution in [-0.4, -0.2) is 83.6 Å². The Balaban J connectivity index is 1.34. The number of piperidine rings is 1. The molecule has 3 heterocycles. The molecule has 4 rings (SSSR count). The first-order valence-electron chi connectivity index (χ1n) is 11.7. The van der Waals surface area contributed by atoms with Gasteiger partial charge in [-0.15, -0.1) is 0 Å². The van der Waals surface area contributed by atoms with Crippen LogP contribution >= 0.6 is 0 Å². The van der Waals surface area contributed by atoms with Gasteiger partial charge in [-0.25, -0.2) is 9.98 Å². The first-order valence-corrected chi connectivity index (χ1v) is 11.7. The highest BCUT2D eigenvalue weighted by atomic mass is 16.2. The second-order valence-corrected chi connectivity index (χ2v) is 8.66. The van der Waals surface area contributed by atoms with E-state index >= 15 is 0 Å². The largest absolute Gasteiger partial charge is 0.368 e. The number of carbonyl (C=O) groups is 1. The van der Waals surface area contributed by atoms with Crippen molar-refractivity contribution in [3.63, 3.8) is 0 Å². The Morgan fingerprint density at radius 3 is 2.59 bits per heavy atom. The summed E-state index contributed by atoms with van der Waals surface area (Å²) >= 11 is 0. The van der Waals surface area contributed by atoms with Gasteiger partial charge in [-0.2, -0.15) is 0 Å². The number of guanidine groups is 1. The number of rotatable bonds is 5. The fourth-order valence-electron chi connectivity index (χ4n) is 4.62. The molecule has 1 aromatic carbocycles. The third-order valence-electron chi connectivity index (χ3n) is 6.58. The quantitative estimate of drug-likeness (QED) is 0.573. The second-order valence-electron chi connectivity index (χ2n) is 8.66. The monoisotopic (exact) mass is 437 g/mol. The maximum absolute atomic E-state index is 12.9. The first kappa shape index (κ1) is 22.2. The number of aromatic nitrogens is 2. The van der Waals surface area contributed by atoms with Gasteiger partial charge in [0.05, 0.1) is 12.4 Å². The Kier molecular flexibility index (Phi) is 7.29. The van der Waals surface area contributed by atoms with Gasteiger partial charge in [0.15, 0.2) is 5.96 Å². The Bertz CT molecular complexity index is 875. The molecule has 0 aliphatic carbocycles. The van der Waals surface area contributed by atoms with Crippen molar-refractivity contribution in [1.82, 2.24) is 24.7 Å². The molecular weight excluding hydrogens is 402 g/mol. The lowest BCUT2D eigenvalue weighted by Gasteiger charge is -2.39. The van der Waals surface area contributed by atoms with Crippen LogP contribution in [0.4, 0.5) is 5.69 Å². The van der Waals surface area contributed by atoms with Crippen molar-refractivity contribution >= 4 is 17.6 Å². The van der Waals surface area contributed by atoms with Crippen LogP contribution in [0.1, 0.15) is 26.3 Å². The lowest BCUT2D eigenvalue weighted by molar-refractivity contribution is -0.129. The summed E-state index contributed by atoms with van der Waals surface area (Å²) in [6.07, 6.45) is 6.85. The molecule has 2 aliphatic rings. The number of hydrogen-bond acceptors (Lipinski definition) is 4. The zero-order valence-electron chi connectivity index (χ0n) is 19.2. The van der Waals surface area contributed by atoms with Crippen LogP contribution in [0.2, 0.25) is 0 Å². The summed E-state index contributed by atoms with van der Waals surface area (Å²) in [6.45, 7) is 10.3. The van der Waals surface area contributed by atoms with Gasteiger partial charge in [0.1, 0.15) is 6.54 Å². The Morgan fingerprint density at radius 1 is 1.12 bits per heavy atom. The Hall–Kier alpha value is -3.03. The minimum atomic E-state index is 0.102. The molecule has 2 fully saturated rings. The van der Waals surface area contributed by atoms with Crippen LogP contribution in [0.15, 0.2) is 54.0 Å². The number of likely N-dealkylation sites (tertiary alicyclic amines) is 1. The number of nitrogens with zero attached hydrogens (tertiary/aromatic N) is 6. The fourth-order valence-corrected chi connectivity index (χ4v) is 4.62. The van der Waals surface area contributed by atoms with E-state index in [0.717, 1.165) is 58.2 Å². The van der Waals surface area contributed by atoms with Gasteiger partial charge in [0.25, 0.3) is 0 Å². The molecule has 2 aliphatic heterocycles. The van der Waals surface area contributed by atoms with Crippen LogP contribution in [0, 0.1) is 5.92 Å². The topological polar surface area (TPSA) is 69.0 Å². The van der Waals surface area contributed by atoms with Crippen LogP contribution < -0.4 is 10.2 Å². The number of hydrogen-bond donors (Lipinski definition) is 1. The fraction of sp³-hybridized carbons (Fsp3) is 0.542. The van der Waals surface area contributed by atoms with E-state index in [0.29, 0.717) is 12.0 Å². The number of para-hydroxylation sites is 1. The standard InChI is InChI=1S/C24H35N7O/c1-3-26-24(30-11-9-20(2)22(18-30)31-12-10-25-19-31)27-17-23(32)29-15-13-28(14-16-29)21-7-5-4-6-8-21/h4-8,10,12,19-20,22H,3,9,11,13-18H2,1-2H3,(H,26,27). The molecule has 2 aromatic rings. The lowest BCUT2D eigenvalue weighted by atomic mass is 9.93. The van der Waals surface area contributed by atoms with Crippen LogP contribution in [-0.2, 0) is 4.79 Å². The van der Waals surface area contributed by atoms with Crippen molar-refractivity contribution in [3.05, 3.63) is 49.1 Å². The third-order valence-corrected chi connectivity index (χ3v) is 6.58. The number of nitrogens with one attached hydrogen (secondary N) is 1. The molecule has 1 aromatic heterocycles. The summed E-state index contributed by atoms with van der Waals surface area (Å²) in [5.74, 6) is 1.51. The normalized spacial score (nSPS) is 22.2. The number of aliphatic imine (C=N–C) groups is 1. The van der Waals surface area contributed by atoms with Crippen molar-refractivity contribution in [2.45, 2.75) is 26.3 Å². The molecule has 0 spiro atoms. The van der Waals surface area contributed by atoms with Crippen molar-refractivity contribution in [1.29, 1.82) is 0 Å². The molecule has 0 radical (unpaired) electrons. The smallest absolute Gasteiger partial charge is 0.244 e. The van der Waals surface area contributed by atoms with E-state index in [-0.39, 0.29) is 12.5 Å². The maximum Gasteiger partial charge on any atom is 0.244 e. The summed E-state index contributed by atoms with van der Waals surface area (Å²) < 4.78 is 2.19. The number of imidazole rings is 1. The maximum atomic E-state index is 12.9. The average Bonchev–Trinajstić information content (AvgIpc) is 3.37. The lowest BCUT2D eigenvalue weighted by Crippen LogP contribution is -2.51. The van der Waals surface area contributed by atoms with Crippen molar-refractivity contribution in [2.75, 3.05) is 57.3 Å². The van der Waals surface area contributed by atoms with E-state index in [1.165, 1.54) is 5.69 Å². The van der Waals surface area contributed by atoms with E-state index in [4.69, 9.17) is 4.99 Å². The van der Waals surface area contributed by atoms with Crippen LogP contribution in [0.25, 0.3) is 0 Å². The molecule has 2 unspecified atom stereocenters. The van der Waals surface area contributed by atoms with Crippen LogP contribution in [0.5, 0.6) is 0 Å². The van der Waals surface area contributed by atoms with Gasteiger partial charge in [-0.05, 0) is 31.4 Å². The van der Waals surface area contributed by atoms with E-state index in [9.17, 15) is 4.79 Å².